The summed E-state index contributed by atoms with van der Waals surface area (Å²) in [5.74, 6) is 1.50. The van der Waals surface area contributed by atoms with Crippen LogP contribution in [0, 0.1) is 0 Å². The van der Waals surface area contributed by atoms with Gasteiger partial charge in [-0.25, -0.2) is 4.52 Å². The maximum Gasteiger partial charge on any atom is 0.251 e. The van der Waals surface area contributed by atoms with E-state index in [1.165, 1.54) is 0 Å². The second kappa shape index (κ2) is 7.21. The number of aromatic nitrogens is 4. The Labute approximate surface area is 166 Å². The first-order chi connectivity index (χ1) is 14.2. The minimum Gasteiger partial charge on any atom is -0.481 e. The molecule has 1 saturated heterocycles. The number of nitrogens with one attached hydrogen (secondary N) is 3. The molecular weight excluding hydrogens is 368 g/mol. The highest BCUT2D eigenvalue weighted by molar-refractivity contribution is 6.03. The molecule has 8 nitrogen and oxygen atoms in total. The van der Waals surface area contributed by atoms with E-state index in [0.717, 1.165) is 48.2 Å². The Balaban J connectivity index is 1.67. The van der Waals surface area contributed by atoms with Gasteiger partial charge in [0.15, 0.2) is 0 Å². The molecule has 4 heterocycles. The lowest BCUT2D eigenvalue weighted by atomic mass is 9.94. The number of methoxy groups -OCH3 is 1. The summed E-state index contributed by atoms with van der Waals surface area (Å²) in [4.78, 5) is 19.9. The number of rotatable bonds is 4. The first-order valence-electron chi connectivity index (χ1n) is 9.76. The number of pyridine rings is 1. The van der Waals surface area contributed by atoms with Gasteiger partial charge in [0, 0.05) is 18.1 Å². The molecule has 0 spiro atoms. The van der Waals surface area contributed by atoms with Gasteiger partial charge < -0.3 is 20.4 Å². The highest BCUT2D eigenvalue weighted by atomic mass is 16.5. The molecule has 29 heavy (non-hydrogen) atoms. The molecule has 3 aromatic heterocycles. The van der Waals surface area contributed by atoms with Gasteiger partial charge in [0.05, 0.1) is 29.4 Å². The largest absolute Gasteiger partial charge is 0.481 e. The topological polar surface area (TPSA) is 96.3 Å². The lowest BCUT2D eigenvalue weighted by molar-refractivity contribution is 0.398. The van der Waals surface area contributed by atoms with E-state index < -0.39 is 0 Å². The zero-order valence-electron chi connectivity index (χ0n) is 16.1. The van der Waals surface area contributed by atoms with Gasteiger partial charge in [0.25, 0.3) is 5.56 Å². The summed E-state index contributed by atoms with van der Waals surface area (Å²) in [6.45, 7) is 1.90. The molecule has 0 saturated carbocycles. The van der Waals surface area contributed by atoms with Crippen molar-refractivity contribution in [1.29, 1.82) is 0 Å². The van der Waals surface area contributed by atoms with Crippen molar-refractivity contribution in [3.05, 3.63) is 58.5 Å². The van der Waals surface area contributed by atoms with Gasteiger partial charge in [-0.15, -0.1) is 0 Å². The third-order valence-corrected chi connectivity index (χ3v) is 5.42. The van der Waals surface area contributed by atoms with Crippen LogP contribution in [0.2, 0.25) is 0 Å². The molecule has 0 amide bonds. The van der Waals surface area contributed by atoms with Crippen molar-refractivity contribution in [3.63, 3.8) is 0 Å². The number of benzene rings is 1. The normalized spacial score (nSPS) is 15.1. The summed E-state index contributed by atoms with van der Waals surface area (Å²) in [7, 11) is 1.59. The Kier molecular flexibility index (Phi) is 4.40. The smallest absolute Gasteiger partial charge is 0.251 e. The quantitative estimate of drug-likeness (QED) is 0.496. The monoisotopic (exact) mass is 390 g/mol. The van der Waals surface area contributed by atoms with Crippen LogP contribution in [0.15, 0.2) is 47.3 Å². The van der Waals surface area contributed by atoms with Crippen LogP contribution in [0.4, 0.5) is 11.5 Å². The molecule has 0 bridgehead atoms. The molecule has 1 fully saturated rings. The van der Waals surface area contributed by atoms with Gasteiger partial charge >= 0.3 is 0 Å². The third-order valence-electron chi connectivity index (χ3n) is 5.42. The highest BCUT2D eigenvalue weighted by Gasteiger charge is 2.21. The maximum absolute atomic E-state index is 12.5. The number of aromatic amines is 1. The van der Waals surface area contributed by atoms with Crippen LogP contribution in [0.5, 0.6) is 5.88 Å². The molecule has 0 radical (unpaired) electrons. The third kappa shape index (κ3) is 3.21. The van der Waals surface area contributed by atoms with Crippen LogP contribution in [0.1, 0.15) is 24.5 Å². The van der Waals surface area contributed by atoms with E-state index in [0.29, 0.717) is 23.3 Å². The molecule has 5 rings (SSSR count). The van der Waals surface area contributed by atoms with Crippen LogP contribution in [0.25, 0.3) is 16.6 Å². The first-order valence-corrected chi connectivity index (χ1v) is 9.76. The number of ether oxygens (including phenoxy) is 1. The van der Waals surface area contributed by atoms with Crippen molar-refractivity contribution in [2.45, 2.75) is 18.8 Å². The van der Waals surface area contributed by atoms with Crippen molar-refractivity contribution in [2.24, 2.45) is 0 Å². The number of piperidine rings is 1. The zero-order chi connectivity index (χ0) is 19.8. The van der Waals surface area contributed by atoms with Gasteiger partial charge in [-0.2, -0.15) is 10.1 Å². The molecule has 3 N–H and O–H groups in total. The summed E-state index contributed by atoms with van der Waals surface area (Å²) in [5, 5.41) is 12.4. The fraction of sp³-hybridized carbons (Fsp3) is 0.286. The van der Waals surface area contributed by atoms with Gasteiger partial charge in [-0.05, 0) is 44.1 Å². The Morgan fingerprint density at radius 1 is 1.17 bits per heavy atom. The van der Waals surface area contributed by atoms with Crippen LogP contribution in [-0.4, -0.2) is 39.8 Å². The van der Waals surface area contributed by atoms with Crippen LogP contribution in [-0.2, 0) is 0 Å². The summed E-state index contributed by atoms with van der Waals surface area (Å²) < 4.78 is 7.11. The summed E-state index contributed by atoms with van der Waals surface area (Å²) in [5.41, 5.74) is 3.20. The number of hydrogen-bond acceptors (Lipinski definition) is 6. The lowest BCUT2D eigenvalue weighted by Gasteiger charge is -2.23. The fourth-order valence-corrected chi connectivity index (χ4v) is 4.04. The number of fused-ring (bicyclic) bond motifs is 3. The molecule has 0 unspecified atom stereocenters. The molecule has 4 aromatic rings. The van der Waals surface area contributed by atoms with E-state index in [1.54, 1.807) is 19.2 Å². The van der Waals surface area contributed by atoms with E-state index in [9.17, 15) is 4.79 Å². The lowest BCUT2D eigenvalue weighted by Crippen LogP contribution is -2.28. The molecule has 0 atom stereocenters. The second-order valence-corrected chi connectivity index (χ2v) is 7.23. The zero-order valence-corrected chi connectivity index (χ0v) is 16.1. The van der Waals surface area contributed by atoms with E-state index in [-0.39, 0.29) is 5.56 Å². The molecule has 148 valence electrons. The Bertz CT molecular complexity index is 1240. The minimum absolute atomic E-state index is 0.109. The van der Waals surface area contributed by atoms with Crippen molar-refractivity contribution < 1.29 is 4.74 Å². The van der Waals surface area contributed by atoms with Crippen LogP contribution >= 0.6 is 0 Å². The maximum atomic E-state index is 12.5. The minimum atomic E-state index is -0.109. The summed E-state index contributed by atoms with van der Waals surface area (Å²) >= 11 is 0. The molecule has 1 aliphatic rings. The van der Waals surface area contributed by atoms with Crippen molar-refractivity contribution in [1.82, 2.24) is 24.9 Å². The first kappa shape index (κ1) is 17.7. The molecular formula is C21H22N6O2. The molecule has 1 aliphatic heterocycles. The Morgan fingerprint density at radius 2 is 2.00 bits per heavy atom. The van der Waals surface area contributed by atoms with E-state index in [1.807, 2.05) is 34.8 Å². The predicted molar refractivity (Wildman–Crippen MR) is 112 cm³/mol. The van der Waals surface area contributed by atoms with Gasteiger partial charge in [0.1, 0.15) is 11.5 Å². The summed E-state index contributed by atoms with van der Waals surface area (Å²) in [6.07, 6.45) is 1.99. The van der Waals surface area contributed by atoms with E-state index in [2.05, 4.69) is 20.6 Å². The van der Waals surface area contributed by atoms with Crippen LogP contribution in [0.3, 0.4) is 0 Å². The Morgan fingerprint density at radius 3 is 2.83 bits per heavy atom. The number of anilines is 2. The van der Waals surface area contributed by atoms with Crippen molar-refractivity contribution >= 4 is 28.1 Å². The Hall–Kier alpha value is -3.39. The second-order valence-electron chi connectivity index (χ2n) is 7.23. The van der Waals surface area contributed by atoms with E-state index in [4.69, 9.17) is 9.84 Å². The summed E-state index contributed by atoms with van der Waals surface area (Å²) in [6, 6.07) is 13.1. The van der Waals surface area contributed by atoms with Gasteiger partial charge in [-0.1, -0.05) is 12.1 Å². The molecule has 8 heteroatoms. The number of H-pyrrole nitrogens is 1. The average Bonchev–Trinajstić information content (AvgIpc) is 3.13. The number of nitrogens with zero attached hydrogens (tertiary/aromatic N) is 3. The average molecular weight is 390 g/mol. The molecule has 0 aliphatic carbocycles. The highest BCUT2D eigenvalue weighted by Crippen LogP contribution is 2.31. The molecule has 1 aromatic carbocycles. The van der Waals surface area contributed by atoms with E-state index >= 15 is 0 Å². The SMILES string of the molecule is COc1cccc(Nc2cccc3nn4c(C5CCNCC5)cc(=O)[nH]c4c23)n1. The van der Waals surface area contributed by atoms with Crippen molar-refractivity contribution in [2.75, 3.05) is 25.5 Å². The standard InChI is InChI=1S/C21H22N6O2/c1-29-19-7-3-6-17(24-19)23-14-4-2-5-15-20(14)21-25-18(28)12-16(27(21)26-15)13-8-10-22-11-9-13/h2-7,12-13,22H,8-11H2,1H3,(H,23,24)(H,25,28). The number of hydrogen-bond donors (Lipinski definition) is 3. The van der Waals surface area contributed by atoms with Crippen molar-refractivity contribution in [3.8, 4) is 5.88 Å². The van der Waals surface area contributed by atoms with Gasteiger partial charge in [-0.3, -0.25) is 4.79 Å². The predicted octanol–water partition coefficient (Wildman–Crippen LogP) is 2.79. The van der Waals surface area contributed by atoms with Crippen LogP contribution < -0.4 is 20.9 Å². The van der Waals surface area contributed by atoms with Gasteiger partial charge in [0.2, 0.25) is 5.88 Å². The fourth-order valence-electron chi connectivity index (χ4n) is 4.04.